The molecular weight excluding hydrogens is 583 g/mol. The van der Waals surface area contributed by atoms with Gasteiger partial charge in [0.15, 0.2) is 0 Å². The average molecular weight is 617 g/mol. The van der Waals surface area contributed by atoms with Crippen LogP contribution in [0.5, 0.6) is 11.5 Å². The van der Waals surface area contributed by atoms with Crippen molar-refractivity contribution in [1.82, 2.24) is 0 Å². The zero-order chi connectivity index (χ0) is 26.7. The predicted octanol–water partition coefficient (Wildman–Crippen LogP) is 3.67. The smallest absolute Gasteiger partial charge is 1.00 e. The number of hydrogen-bond donors (Lipinski definition) is 0. The molecule has 0 radical (unpaired) electrons. The van der Waals surface area contributed by atoms with E-state index in [2.05, 4.69) is 111 Å². The van der Waals surface area contributed by atoms with Gasteiger partial charge in [0.25, 0.3) is 0 Å². The molecule has 2 aliphatic carbocycles. The van der Waals surface area contributed by atoms with E-state index in [0.717, 1.165) is 11.5 Å². The van der Waals surface area contributed by atoms with E-state index < -0.39 is 16.6 Å². The molecule has 1 fully saturated rings. The van der Waals surface area contributed by atoms with Gasteiger partial charge in [-0.25, -0.2) is 0 Å². The van der Waals surface area contributed by atoms with Gasteiger partial charge in [-0.05, 0) is 0 Å². The van der Waals surface area contributed by atoms with E-state index in [0.29, 0.717) is 8.45 Å². The Morgan fingerprint density at radius 1 is 0.561 bits per heavy atom. The van der Waals surface area contributed by atoms with Gasteiger partial charge in [0, 0.05) is 0 Å². The fraction of sp³-hybridized carbons (Fsp3) is 0.222. The molecule has 5 heteroatoms. The molecular formula is C36H34Cl2O2Ti. The molecule has 1 heterocycles. The molecule has 2 atom stereocenters. The second-order valence-corrected chi connectivity index (χ2v) is 18.7. The average Bonchev–Trinajstić information content (AvgIpc) is 3.55. The summed E-state index contributed by atoms with van der Waals surface area (Å²) in [7, 11) is 3.45. The van der Waals surface area contributed by atoms with Crippen LogP contribution in [0.3, 0.4) is 0 Å². The van der Waals surface area contributed by atoms with Crippen LogP contribution < -0.4 is 34.3 Å². The normalized spacial score (nSPS) is 18.3. The van der Waals surface area contributed by atoms with Crippen molar-refractivity contribution >= 4 is 12.2 Å². The Hall–Kier alpha value is -2.75. The van der Waals surface area contributed by atoms with Crippen molar-refractivity contribution in [3.63, 3.8) is 0 Å². The van der Waals surface area contributed by atoms with Crippen molar-refractivity contribution in [3.8, 4) is 33.8 Å². The fourth-order valence-electron chi connectivity index (χ4n) is 7.56. The van der Waals surface area contributed by atoms with E-state index in [1.54, 1.807) is 36.5 Å². The zero-order valence-electron chi connectivity index (χ0n) is 23.9. The molecule has 0 spiro atoms. The first-order chi connectivity index (χ1) is 19.0. The van der Waals surface area contributed by atoms with Crippen molar-refractivity contribution < 1.29 is 50.9 Å². The number of halogens is 2. The van der Waals surface area contributed by atoms with Crippen LogP contribution in [0.25, 0.3) is 34.4 Å². The summed E-state index contributed by atoms with van der Waals surface area (Å²) in [6.07, 6.45) is 5.02. The van der Waals surface area contributed by atoms with Gasteiger partial charge in [-0.2, -0.15) is 0 Å². The molecule has 0 N–H and O–H groups in total. The van der Waals surface area contributed by atoms with Gasteiger partial charge in [-0.15, -0.1) is 0 Å². The third-order valence-electron chi connectivity index (χ3n) is 9.34. The molecule has 208 valence electrons. The minimum Gasteiger partial charge on any atom is -1.00 e. The number of allylic oxidation sites excluding steroid dienone is 2. The summed E-state index contributed by atoms with van der Waals surface area (Å²) in [6.45, 7) is 4.80. The van der Waals surface area contributed by atoms with Gasteiger partial charge in [-0.1, -0.05) is 0 Å². The Labute approximate surface area is 259 Å². The first kappa shape index (κ1) is 29.7. The van der Waals surface area contributed by atoms with Crippen LogP contribution in [-0.4, -0.2) is 14.2 Å². The third-order valence-corrected chi connectivity index (χ3v) is 17.9. The molecule has 0 bridgehead atoms. The summed E-state index contributed by atoms with van der Waals surface area (Å²) < 4.78 is 15.0. The summed E-state index contributed by atoms with van der Waals surface area (Å²) in [4.78, 5) is 0. The van der Waals surface area contributed by atoms with Crippen LogP contribution in [0.1, 0.15) is 44.5 Å². The monoisotopic (exact) mass is 616 g/mol. The SMILES string of the molecule is COc1ccc(-c2cccc3c2C=C(C)[CH]3[Ti+2]2([CH]3C(C)=Cc4c(-c5ccc(OC)cc5)cccc43)[CH2][CH2]2)cc1.[Cl-].[Cl-]. The Morgan fingerprint density at radius 2 is 0.951 bits per heavy atom. The van der Waals surface area contributed by atoms with E-state index in [4.69, 9.17) is 9.47 Å². The standard InChI is InChI=1S/2C17H15O.C2H4.2ClH.Ti/c2*1-12-10-14-4-3-5-16(17(14)11-12)13-6-8-15(18-2)9-7-13;1-2;;;/h2*3-11H,1-2H3;1-2H2;2*1H;/q;;;;;+2/p-2. The van der Waals surface area contributed by atoms with Gasteiger partial charge in [-0.3, -0.25) is 0 Å². The number of methoxy groups -OCH3 is 2. The first-order valence-electron chi connectivity index (χ1n) is 13.9. The first-order valence-corrected chi connectivity index (χ1v) is 18.0. The van der Waals surface area contributed by atoms with E-state index in [1.807, 2.05) is 0 Å². The molecule has 3 aliphatic rings. The molecule has 0 amide bonds. The maximum absolute atomic E-state index is 5.41. The summed E-state index contributed by atoms with van der Waals surface area (Å²) in [5.74, 6) is 1.80. The fourth-order valence-corrected chi connectivity index (χ4v) is 18.0. The number of fused-ring (bicyclic) bond motifs is 2. The molecule has 7 rings (SSSR count). The molecule has 1 aliphatic heterocycles. The molecule has 0 aromatic heterocycles. The van der Waals surface area contributed by atoms with Gasteiger partial charge in [0.2, 0.25) is 0 Å². The minimum atomic E-state index is -2.33. The zero-order valence-corrected chi connectivity index (χ0v) is 27.0. The Kier molecular flexibility index (Phi) is 8.34. The Bertz CT molecular complexity index is 1530. The summed E-state index contributed by atoms with van der Waals surface area (Å²) in [5.41, 5.74) is 14.4. The van der Waals surface area contributed by atoms with Gasteiger partial charge >= 0.3 is 236 Å². The molecule has 41 heavy (non-hydrogen) atoms. The minimum absolute atomic E-state index is 0. The quantitative estimate of drug-likeness (QED) is 0.308. The van der Waals surface area contributed by atoms with E-state index in [9.17, 15) is 0 Å². The van der Waals surface area contributed by atoms with Crippen LogP contribution in [0.2, 0.25) is 9.45 Å². The van der Waals surface area contributed by atoms with Gasteiger partial charge < -0.3 is 24.8 Å². The third kappa shape index (κ3) is 4.80. The maximum Gasteiger partial charge on any atom is -1.00 e. The van der Waals surface area contributed by atoms with E-state index in [1.165, 1.54) is 42.8 Å². The van der Waals surface area contributed by atoms with Crippen molar-refractivity contribution in [2.75, 3.05) is 14.2 Å². The molecule has 0 saturated carbocycles. The van der Waals surface area contributed by atoms with Gasteiger partial charge in [0.05, 0.1) is 0 Å². The van der Waals surface area contributed by atoms with Crippen molar-refractivity contribution in [3.05, 3.63) is 118 Å². The summed E-state index contributed by atoms with van der Waals surface area (Å²) in [6, 6.07) is 31.1. The van der Waals surface area contributed by atoms with Crippen molar-refractivity contribution in [2.45, 2.75) is 31.7 Å². The van der Waals surface area contributed by atoms with Crippen molar-refractivity contribution in [2.24, 2.45) is 0 Å². The molecule has 1 saturated heterocycles. The Balaban J connectivity index is 0.00000169. The molecule has 2 unspecified atom stereocenters. The largest absolute Gasteiger partial charge is 1.00 e. The predicted molar refractivity (Wildman–Crippen MR) is 159 cm³/mol. The van der Waals surface area contributed by atoms with Crippen LogP contribution in [0.4, 0.5) is 0 Å². The number of benzene rings is 4. The number of ether oxygens (including phenoxy) is 2. The van der Waals surface area contributed by atoms with E-state index in [-0.39, 0.29) is 24.8 Å². The summed E-state index contributed by atoms with van der Waals surface area (Å²) in [5, 5.41) is 0. The van der Waals surface area contributed by atoms with Crippen LogP contribution in [-0.2, 0) is 16.6 Å². The number of rotatable bonds is 6. The van der Waals surface area contributed by atoms with Crippen LogP contribution in [0.15, 0.2) is 96.1 Å². The van der Waals surface area contributed by atoms with Crippen LogP contribution in [0, 0.1) is 0 Å². The van der Waals surface area contributed by atoms with Crippen molar-refractivity contribution in [1.29, 1.82) is 0 Å². The topological polar surface area (TPSA) is 18.5 Å². The maximum atomic E-state index is 5.41. The molecule has 4 aromatic carbocycles. The Morgan fingerprint density at radius 3 is 1.29 bits per heavy atom. The summed E-state index contributed by atoms with van der Waals surface area (Å²) >= 11 is -2.33. The second kappa shape index (κ2) is 11.5. The molecule has 2 nitrogen and oxygen atoms in total. The van der Waals surface area contributed by atoms with Crippen LogP contribution >= 0.6 is 0 Å². The van der Waals surface area contributed by atoms with Gasteiger partial charge in [0.1, 0.15) is 0 Å². The second-order valence-electron chi connectivity index (χ2n) is 11.4. The number of hydrogen-bond acceptors (Lipinski definition) is 2. The van der Waals surface area contributed by atoms with E-state index >= 15 is 0 Å². The molecule has 4 aromatic rings.